The van der Waals surface area contributed by atoms with Crippen molar-refractivity contribution >= 4 is 17.6 Å². The summed E-state index contributed by atoms with van der Waals surface area (Å²) in [5.74, 6) is -0.965. The van der Waals surface area contributed by atoms with Gasteiger partial charge < -0.3 is 9.84 Å². The molecular formula is C12H8ClFN2O3. The van der Waals surface area contributed by atoms with Crippen LogP contribution in [0.3, 0.4) is 0 Å². The molecule has 0 aliphatic heterocycles. The van der Waals surface area contributed by atoms with Crippen LogP contribution in [0.15, 0.2) is 30.6 Å². The number of halogens is 2. The summed E-state index contributed by atoms with van der Waals surface area (Å²) in [5, 5.41) is 8.82. The molecule has 0 aliphatic rings. The van der Waals surface area contributed by atoms with Crippen LogP contribution in [0.1, 0.15) is 16.2 Å². The zero-order valence-corrected chi connectivity index (χ0v) is 10.3. The van der Waals surface area contributed by atoms with Gasteiger partial charge in [-0.1, -0.05) is 11.6 Å². The maximum atomic E-state index is 12.8. The molecule has 0 atom stereocenters. The number of nitrogens with zero attached hydrogens (tertiary/aromatic N) is 2. The Bertz CT molecular complexity index is 604. The summed E-state index contributed by atoms with van der Waals surface area (Å²) in [6, 6.07) is 3.74. The topological polar surface area (TPSA) is 72.3 Å². The Balaban J connectivity index is 2.04. The van der Waals surface area contributed by atoms with Gasteiger partial charge >= 0.3 is 5.97 Å². The zero-order chi connectivity index (χ0) is 13.8. The molecule has 1 heterocycles. The Morgan fingerprint density at radius 1 is 1.37 bits per heavy atom. The largest absolute Gasteiger partial charge is 0.484 e. The molecule has 0 saturated carbocycles. The van der Waals surface area contributed by atoms with E-state index in [4.69, 9.17) is 21.4 Å². The number of carbonyl (C=O) groups is 1. The number of ether oxygens (including phenoxy) is 1. The summed E-state index contributed by atoms with van der Waals surface area (Å²) >= 11 is 5.78. The van der Waals surface area contributed by atoms with Gasteiger partial charge in [-0.15, -0.1) is 0 Å². The average molecular weight is 283 g/mol. The molecule has 0 radical (unpaired) electrons. The Hall–Kier alpha value is -2.21. The third kappa shape index (κ3) is 3.38. The van der Waals surface area contributed by atoms with E-state index in [-0.39, 0.29) is 17.2 Å². The van der Waals surface area contributed by atoms with Crippen LogP contribution in [0.5, 0.6) is 5.75 Å². The molecule has 1 N–H and O–H groups in total. The van der Waals surface area contributed by atoms with E-state index in [0.717, 1.165) is 6.07 Å². The van der Waals surface area contributed by atoms with Gasteiger partial charge in [0.15, 0.2) is 5.82 Å². The smallest absolute Gasteiger partial charge is 0.338 e. The lowest BCUT2D eigenvalue weighted by Crippen LogP contribution is -2.05. The minimum atomic E-state index is -1.10. The second-order valence-corrected chi connectivity index (χ2v) is 3.96. The normalized spacial score (nSPS) is 10.2. The second-order valence-electron chi connectivity index (χ2n) is 3.56. The van der Waals surface area contributed by atoms with E-state index < -0.39 is 11.8 Å². The van der Waals surface area contributed by atoms with Crippen LogP contribution in [-0.2, 0) is 6.61 Å². The lowest BCUT2D eigenvalue weighted by atomic mass is 10.3. The van der Waals surface area contributed by atoms with Gasteiger partial charge in [-0.2, -0.15) is 0 Å². The first-order valence-electron chi connectivity index (χ1n) is 5.18. The second kappa shape index (κ2) is 5.62. The van der Waals surface area contributed by atoms with Crippen molar-refractivity contribution in [2.24, 2.45) is 0 Å². The van der Waals surface area contributed by atoms with Gasteiger partial charge in [-0.3, -0.25) is 0 Å². The minimum absolute atomic E-state index is 0.00521. The molecule has 0 fully saturated rings. The van der Waals surface area contributed by atoms with Gasteiger partial charge in [0.25, 0.3) is 0 Å². The van der Waals surface area contributed by atoms with E-state index in [2.05, 4.69) is 9.97 Å². The predicted octanol–water partition coefficient (Wildman–Crippen LogP) is 2.55. The molecule has 2 rings (SSSR count). The van der Waals surface area contributed by atoms with E-state index in [1.165, 1.54) is 24.5 Å². The quantitative estimate of drug-likeness (QED) is 0.933. The van der Waals surface area contributed by atoms with Crippen molar-refractivity contribution in [1.29, 1.82) is 0 Å². The number of aromatic nitrogens is 2. The third-order valence-corrected chi connectivity index (χ3v) is 2.50. The van der Waals surface area contributed by atoms with Gasteiger partial charge in [0.1, 0.15) is 18.2 Å². The van der Waals surface area contributed by atoms with Crippen LogP contribution >= 0.6 is 11.6 Å². The highest BCUT2D eigenvalue weighted by molar-refractivity contribution is 6.32. The van der Waals surface area contributed by atoms with Crippen LogP contribution in [-0.4, -0.2) is 21.0 Å². The molecule has 0 aliphatic carbocycles. The lowest BCUT2D eigenvalue weighted by Gasteiger charge is -2.06. The van der Waals surface area contributed by atoms with Crippen LogP contribution in [0.4, 0.5) is 4.39 Å². The molecular weight excluding hydrogens is 275 g/mol. The van der Waals surface area contributed by atoms with Crippen molar-refractivity contribution in [3.8, 4) is 5.75 Å². The van der Waals surface area contributed by atoms with E-state index in [0.29, 0.717) is 11.6 Å². The number of benzene rings is 1. The average Bonchev–Trinajstić information content (AvgIpc) is 2.38. The van der Waals surface area contributed by atoms with Crippen molar-refractivity contribution in [2.75, 3.05) is 0 Å². The third-order valence-electron chi connectivity index (χ3n) is 2.20. The highest BCUT2D eigenvalue weighted by Crippen LogP contribution is 2.25. The summed E-state index contributed by atoms with van der Waals surface area (Å²) in [7, 11) is 0. The van der Waals surface area contributed by atoms with Crippen LogP contribution < -0.4 is 4.74 Å². The molecule has 1 aromatic heterocycles. The summed E-state index contributed by atoms with van der Waals surface area (Å²) < 4.78 is 18.1. The maximum Gasteiger partial charge on any atom is 0.338 e. The molecule has 7 heteroatoms. The van der Waals surface area contributed by atoms with Crippen molar-refractivity contribution in [3.05, 3.63) is 52.8 Å². The SMILES string of the molecule is O=C(O)c1cnc(COc2ccc(F)cc2Cl)nc1. The van der Waals surface area contributed by atoms with Gasteiger partial charge in [0, 0.05) is 12.4 Å². The van der Waals surface area contributed by atoms with Gasteiger partial charge in [-0.25, -0.2) is 19.2 Å². The van der Waals surface area contributed by atoms with E-state index in [9.17, 15) is 9.18 Å². The number of hydrogen-bond acceptors (Lipinski definition) is 4. The van der Waals surface area contributed by atoms with Crippen LogP contribution in [0, 0.1) is 5.82 Å². The highest BCUT2D eigenvalue weighted by Gasteiger charge is 2.07. The zero-order valence-electron chi connectivity index (χ0n) is 9.51. The van der Waals surface area contributed by atoms with Crippen molar-refractivity contribution < 1.29 is 19.0 Å². The molecule has 0 amide bonds. The standard InChI is InChI=1S/C12H8ClFN2O3/c13-9-3-8(14)1-2-10(9)19-6-11-15-4-7(5-16-11)12(17)18/h1-5H,6H2,(H,17,18). The first-order valence-corrected chi connectivity index (χ1v) is 5.56. The highest BCUT2D eigenvalue weighted by atomic mass is 35.5. The van der Waals surface area contributed by atoms with Gasteiger partial charge in [0.05, 0.1) is 10.6 Å². The number of rotatable bonds is 4. The fourth-order valence-electron chi connectivity index (χ4n) is 1.27. The number of aromatic carboxylic acids is 1. The number of hydrogen-bond donors (Lipinski definition) is 1. The summed E-state index contributed by atoms with van der Waals surface area (Å²) in [6.45, 7) is 0.00521. The Labute approximate surface area is 112 Å². The fourth-order valence-corrected chi connectivity index (χ4v) is 1.50. The minimum Gasteiger partial charge on any atom is -0.484 e. The van der Waals surface area contributed by atoms with E-state index in [1.54, 1.807) is 0 Å². The van der Waals surface area contributed by atoms with Crippen LogP contribution in [0.2, 0.25) is 5.02 Å². The molecule has 19 heavy (non-hydrogen) atoms. The summed E-state index contributed by atoms with van der Waals surface area (Å²) in [6.07, 6.45) is 2.36. The van der Waals surface area contributed by atoms with E-state index >= 15 is 0 Å². The van der Waals surface area contributed by atoms with Crippen LogP contribution in [0.25, 0.3) is 0 Å². The molecule has 98 valence electrons. The van der Waals surface area contributed by atoms with Crippen molar-refractivity contribution in [1.82, 2.24) is 9.97 Å². The Morgan fingerprint density at radius 3 is 2.63 bits per heavy atom. The Kier molecular flexibility index (Phi) is 3.91. The van der Waals surface area contributed by atoms with Crippen molar-refractivity contribution in [3.63, 3.8) is 0 Å². The molecule has 0 bridgehead atoms. The Morgan fingerprint density at radius 2 is 2.05 bits per heavy atom. The molecule has 0 saturated heterocycles. The molecule has 0 unspecified atom stereocenters. The summed E-state index contributed by atoms with van der Waals surface area (Å²) in [4.78, 5) is 18.3. The number of carboxylic acids is 1. The monoisotopic (exact) mass is 282 g/mol. The molecule has 2 aromatic rings. The van der Waals surface area contributed by atoms with Crippen molar-refractivity contribution in [2.45, 2.75) is 6.61 Å². The fraction of sp³-hybridized carbons (Fsp3) is 0.0833. The number of carboxylic acid groups (broad SMARTS) is 1. The molecule has 5 nitrogen and oxygen atoms in total. The summed E-state index contributed by atoms with van der Waals surface area (Å²) in [5.41, 5.74) is -0.0106. The van der Waals surface area contributed by atoms with Gasteiger partial charge in [0.2, 0.25) is 0 Å². The maximum absolute atomic E-state index is 12.8. The predicted molar refractivity (Wildman–Crippen MR) is 64.7 cm³/mol. The molecule has 1 aromatic carbocycles. The van der Waals surface area contributed by atoms with E-state index in [1.807, 2.05) is 0 Å². The van der Waals surface area contributed by atoms with Gasteiger partial charge in [-0.05, 0) is 18.2 Å². The molecule has 0 spiro atoms. The first kappa shape index (κ1) is 13.2. The lowest BCUT2D eigenvalue weighted by molar-refractivity contribution is 0.0695. The first-order chi connectivity index (χ1) is 9.06.